The third-order valence-electron chi connectivity index (χ3n) is 3.35. The van der Waals surface area contributed by atoms with Crippen LogP contribution in [0.1, 0.15) is 32.3 Å². The van der Waals surface area contributed by atoms with E-state index < -0.39 is 0 Å². The zero-order chi connectivity index (χ0) is 13.2. The predicted octanol–water partition coefficient (Wildman–Crippen LogP) is 3.14. The van der Waals surface area contributed by atoms with Gasteiger partial charge in [0.2, 0.25) is 5.91 Å². The molecule has 1 aliphatic rings. The summed E-state index contributed by atoms with van der Waals surface area (Å²) in [5, 5.41) is 3.00. The Hall–Kier alpha value is -1.35. The zero-order valence-electron chi connectivity index (χ0n) is 11.3. The molecule has 0 radical (unpaired) electrons. The molecular formula is C15H21NO2. The van der Waals surface area contributed by atoms with Crippen LogP contribution in [0.2, 0.25) is 0 Å². The first-order valence-electron chi connectivity index (χ1n) is 6.48. The van der Waals surface area contributed by atoms with Crippen LogP contribution in [0.25, 0.3) is 0 Å². The highest BCUT2D eigenvalue weighted by Crippen LogP contribution is 2.29. The van der Waals surface area contributed by atoms with E-state index in [1.54, 1.807) is 0 Å². The predicted molar refractivity (Wildman–Crippen MR) is 72.6 cm³/mol. The summed E-state index contributed by atoms with van der Waals surface area (Å²) in [6.07, 6.45) is 1.59. The molecule has 1 N–H and O–H groups in total. The summed E-state index contributed by atoms with van der Waals surface area (Å²) in [5.41, 5.74) is 1.84. The van der Waals surface area contributed by atoms with Gasteiger partial charge in [0.05, 0.1) is 5.60 Å². The standard InChI is InChI=1S/C15H21NO2/c1-11-5-4-6-13(9-11)16-14(17)12-7-8-18-15(2,3)10-12/h4-6,9,12H,7-8,10H2,1-3H3,(H,16,17)/t12-/m1/s1. The maximum atomic E-state index is 12.2. The Kier molecular flexibility index (Phi) is 3.71. The van der Waals surface area contributed by atoms with E-state index in [1.165, 1.54) is 0 Å². The maximum absolute atomic E-state index is 12.2. The number of amides is 1. The number of rotatable bonds is 2. The smallest absolute Gasteiger partial charge is 0.227 e. The number of hydrogen-bond donors (Lipinski definition) is 1. The number of aryl methyl sites for hydroxylation is 1. The highest BCUT2D eigenvalue weighted by Gasteiger charge is 2.32. The average molecular weight is 247 g/mol. The fraction of sp³-hybridized carbons (Fsp3) is 0.533. The maximum Gasteiger partial charge on any atom is 0.227 e. The molecule has 98 valence electrons. The van der Waals surface area contributed by atoms with Gasteiger partial charge >= 0.3 is 0 Å². The third kappa shape index (κ3) is 3.33. The fourth-order valence-electron chi connectivity index (χ4n) is 2.42. The fourth-order valence-corrected chi connectivity index (χ4v) is 2.42. The van der Waals surface area contributed by atoms with Crippen molar-refractivity contribution in [2.45, 2.75) is 39.2 Å². The minimum Gasteiger partial charge on any atom is -0.376 e. The van der Waals surface area contributed by atoms with Gasteiger partial charge in [-0.1, -0.05) is 12.1 Å². The molecule has 1 aromatic carbocycles. The lowest BCUT2D eigenvalue weighted by molar-refractivity contribution is -0.130. The summed E-state index contributed by atoms with van der Waals surface area (Å²) < 4.78 is 5.64. The van der Waals surface area contributed by atoms with Crippen LogP contribution in [0.3, 0.4) is 0 Å². The first-order chi connectivity index (χ1) is 8.46. The highest BCUT2D eigenvalue weighted by molar-refractivity contribution is 5.92. The molecule has 0 bridgehead atoms. The van der Waals surface area contributed by atoms with Crippen molar-refractivity contribution in [3.05, 3.63) is 29.8 Å². The van der Waals surface area contributed by atoms with Crippen molar-refractivity contribution >= 4 is 11.6 Å². The molecule has 18 heavy (non-hydrogen) atoms. The second kappa shape index (κ2) is 5.11. The number of anilines is 1. The van der Waals surface area contributed by atoms with E-state index in [9.17, 15) is 4.79 Å². The van der Waals surface area contributed by atoms with Crippen LogP contribution >= 0.6 is 0 Å². The quantitative estimate of drug-likeness (QED) is 0.872. The Morgan fingerprint density at radius 1 is 1.44 bits per heavy atom. The molecule has 1 fully saturated rings. The van der Waals surface area contributed by atoms with E-state index in [0.717, 1.165) is 24.1 Å². The molecule has 0 unspecified atom stereocenters. The number of carbonyl (C=O) groups excluding carboxylic acids is 1. The first kappa shape index (κ1) is 13.1. The van der Waals surface area contributed by atoms with Crippen LogP contribution < -0.4 is 5.32 Å². The van der Waals surface area contributed by atoms with Gasteiger partial charge in [-0.05, 0) is 51.3 Å². The minimum atomic E-state index is -0.188. The van der Waals surface area contributed by atoms with E-state index >= 15 is 0 Å². The Bertz CT molecular complexity index is 440. The second-order valence-electron chi connectivity index (χ2n) is 5.66. The summed E-state index contributed by atoms with van der Waals surface area (Å²) in [4.78, 5) is 12.2. The summed E-state index contributed by atoms with van der Waals surface area (Å²) in [6, 6.07) is 7.89. The van der Waals surface area contributed by atoms with Gasteiger partial charge in [0, 0.05) is 18.2 Å². The van der Waals surface area contributed by atoms with Crippen LogP contribution in [0.4, 0.5) is 5.69 Å². The number of nitrogens with one attached hydrogen (secondary N) is 1. The van der Waals surface area contributed by atoms with Crippen molar-refractivity contribution in [1.82, 2.24) is 0 Å². The molecule has 1 amide bonds. The van der Waals surface area contributed by atoms with Gasteiger partial charge < -0.3 is 10.1 Å². The number of carbonyl (C=O) groups is 1. The van der Waals surface area contributed by atoms with Gasteiger partial charge in [0.15, 0.2) is 0 Å². The van der Waals surface area contributed by atoms with Crippen LogP contribution in [-0.4, -0.2) is 18.1 Å². The molecule has 0 saturated carbocycles. The topological polar surface area (TPSA) is 38.3 Å². The van der Waals surface area contributed by atoms with E-state index in [-0.39, 0.29) is 17.4 Å². The summed E-state index contributed by atoms with van der Waals surface area (Å²) in [6.45, 7) is 6.77. The van der Waals surface area contributed by atoms with Crippen molar-refractivity contribution in [3.8, 4) is 0 Å². The lowest BCUT2D eigenvalue weighted by atomic mass is 9.88. The van der Waals surface area contributed by atoms with Gasteiger partial charge in [-0.3, -0.25) is 4.79 Å². The van der Waals surface area contributed by atoms with Crippen LogP contribution in [0, 0.1) is 12.8 Å². The van der Waals surface area contributed by atoms with Crippen molar-refractivity contribution < 1.29 is 9.53 Å². The first-order valence-corrected chi connectivity index (χ1v) is 6.48. The summed E-state index contributed by atoms with van der Waals surface area (Å²) in [7, 11) is 0. The van der Waals surface area contributed by atoms with Crippen LogP contribution in [-0.2, 0) is 9.53 Å². The Labute approximate surface area is 109 Å². The van der Waals surface area contributed by atoms with Gasteiger partial charge in [0.25, 0.3) is 0 Å². The molecular weight excluding hydrogens is 226 g/mol. The molecule has 1 saturated heterocycles. The molecule has 2 rings (SSSR count). The molecule has 1 atom stereocenters. The second-order valence-corrected chi connectivity index (χ2v) is 5.66. The lowest BCUT2D eigenvalue weighted by Gasteiger charge is -2.34. The number of ether oxygens (including phenoxy) is 1. The lowest BCUT2D eigenvalue weighted by Crippen LogP contribution is -2.39. The van der Waals surface area contributed by atoms with Crippen molar-refractivity contribution in [2.24, 2.45) is 5.92 Å². The van der Waals surface area contributed by atoms with E-state index in [0.29, 0.717) is 6.61 Å². The van der Waals surface area contributed by atoms with Crippen LogP contribution in [0.15, 0.2) is 24.3 Å². The van der Waals surface area contributed by atoms with E-state index in [2.05, 4.69) is 5.32 Å². The Morgan fingerprint density at radius 3 is 2.89 bits per heavy atom. The van der Waals surface area contributed by atoms with Crippen molar-refractivity contribution in [2.75, 3.05) is 11.9 Å². The van der Waals surface area contributed by atoms with Crippen molar-refractivity contribution in [3.63, 3.8) is 0 Å². The summed E-state index contributed by atoms with van der Waals surface area (Å²) >= 11 is 0. The van der Waals surface area contributed by atoms with E-state index in [1.807, 2.05) is 45.0 Å². The minimum absolute atomic E-state index is 0.0502. The van der Waals surface area contributed by atoms with Gasteiger partial charge in [-0.25, -0.2) is 0 Å². The number of benzene rings is 1. The zero-order valence-corrected chi connectivity index (χ0v) is 11.3. The molecule has 0 spiro atoms. The van der Waals surface area contributed by atoms with Gasteiger partial charge in [-0.15, -0.1) is 0 Å². The Morgan fingerprint density at radius 2 is 2.22 bits per heavy atom. The largest absolute Gasteiger partial charge is 0.376 e. The van der Waals surface area contributed by atoms with Crippen molar-refractivity contribution in [1.29, 1.82) is 0 Å². The average Bonchev–Trinajstić information content (AvgIpc) is 2.27. The molecule has 3 heteroatoms. The Balaban J connectivity index is 2.00. The number of hydrogen-bond acceptors (Lipinski definition) is 2. The molecule has 0 aliphatic carbocycles. The van der Waals surface area contributed by atoms with Gasteiger partial charge in [0.1, 0.15) is 0 Å². The van der Waals surface area contributed by atoms with Crippen LogP contribution in [0.5, 0.6) is 0 Å². The molecule has 1 aliphatic heterocycles. The molecule has 1 heterocycles. The molecule has 0 aromatic heterocycles. The molecule has 3 nitrogen and oxygen atoms in total. The molecule has 1 aromatic rings. The van der Waals surface area contributed by atoms with Gasteiger partial charge in [-0.2, -0.15) is 0 Å². The highest BCUT2D eigenvalue weighted by atomic mass is 16.5. The summed E-state index contributed by atoms with van der Waals surface area (Å²) in [5.74, 6) is 0.159. The van der Waals surface area contributed by atoms with E-state index in [4.69, 9.17) is 4.74 Å². The normalized spacial score (nSPS) is 22.5. The monoisotopic (exact) mass is 247 g/mol. The SMILES string of the molecule is Cc1cccc(NC(=O)[C@@H]2CCOC(C)(C)C2)c1. The third-order valence-corrected chi connectivity index (χ3v) is 3.35.